The molecule has 5 nitrogen and oxygen atoms in total. The molecule has 0 atom stereocenters. The summed E-state index contributed by atoms with van der Waals surface area (Å²) in [6.07, 6.45) is 0.619. The van der Waals surface area contributed by atoms with Crippen LogP contribution in [-0.4, -0.2) is 53.2 Å². The molecule has 1 aromatic rings. The normalized spacial score (nSPS) is 12.0. The van der Waals surface area contributed by atoms with Crippen LogP contribution in [0.5, 0.6) is 0 Å². The molecule has 0 aliphatic carbocycles. The predicted molar refractivity (Wildman–Crippen MR) is 86.3 cm³/mol. The third-order valence-electron chi connectivity index (χ3n) is 2.83. The first-order valence-corrected chi connectivity index (χ1v) is 8.97. The Kier molecular flexibility index (Phi) is 8.15. The van der Waals surface area contributed by atoms with Crippen molar-refractivity contribution in [3.05, 3.63) is 27.7 Å². The Hall–Kier alpha value is -0.180. The van der Waals surface area contributed by atoms with E-state index in [2.05, 4.69) is 15.9 Å². The molecule has 0 amide bonds. The molecule has 0 aromatic heterocycles. The second-order valence-corrected chi connectivity index (χ2v) is 7.52. The lowest BCUT2D eigenvalue weighted by molar-refractivity contribution is 0.164. The summed E-state index contributed by atoms with van der Waals surface area (Å²) in [4.78, 5) is 0.201. The van der Waals surface area contributed by atoms with Crippen LogP contribution in [0, 0.1) is 0 Å². The molecule has 0 radical (unpaired) electrons. The van der Waals surface area contributed by atoms with Gasteiger partial charge >= 0.3 is 0 Å². The van der Waals surface area contributed by atoms with Gasteiger partial charge in [0.2, 0.25) is 10.0 Å². The Morgan fingerprint density at radius 3 is 2.43 bits per heavy atom. The van der Waals surface area contributed by atoms with Gasteiger partial charge in [-0.3, -0.25) is 0 Å². The molecule has 1 aromatic carbocycles. The van der Waals surface area contributed by atoms with Crippen LogP contribution in [0.4, 0.5) is 0 Å². The molecule has 0 unspecified atom stereocenters. The highest BCUT2D eigenvalue weighted by Crippen LogP contribution is 2.27. The van der Waals surface area contributed by atoms with Crippen molar-refractivity contribution in [2.45, 2.75) is 11.3 Å². The molecule has 0 saturated heterocycles. The lowest BCUT2D eigenvalue weighted by Crippen LogP contribution is -2.35. The third-order valence-corrected chi connectivity index (χ3v) is 5.94. The average Bonchev–Trinajstić information content (AvgIpc) is 2.45. The first kappa shape index (κ1) is 18.9. The van der Waals surface area contributed by atoms with Crippen molar-refractivity contribution >= 4 is 37.6 Å². The molecule has 1 rings (SSSR count). The average molecular weight is 401 g/mol. The van der Waals surface area contributed by atoms with Crippen LogP contribution < -0.4 is 0 Å². The SMILES string of the molecule is COCCCN(CCOC)S(=O)(=O)c1ccc(Cl)c(Br)c1. The van der Waals surface area contributed by atoms with Gasteiger partial charge in [0.15, 0.2) is 0 Å². The number of hydrogen-bond donors (Lipinski definition) is 0. The van der Waals surface area contributed by atoms with Crippen LogP contribution in [-0.2, 0) is 19.5 Å². The molecular formula is C13H19BrClNO4S. The number of rotatable bonds is 9. The third kappa shape index (κ3) is 5.50. The highest BCUT2D eigenvalue weighted by molar-refractivity contribution is 9.10. The van der Waals surface area contributed by atoms with Crippen molar-refractivity contribution < 1.29 is 17.9 Å². The number of nitrogens with zero attached hydrogens (tertiary/aromatic N) is 1. The van der Waals surface area contributed by atoms with Gasteiger partial charge in [-0.25, -0.2) is 8.42 Å². The van der Waals surface area contributed by atoms with Crippen molar-refractivity contribution in [1.29, 1.82) is 0 Å². The Morgan fingerprint density at radius 1 is 1.19 bits per heavy atom. The van der Waals surface area contributed by atoms with E-state index in [0.29, 0.717) is 42.2 Å². The van der Waals surface area contributed by atoms with Gasteiger partial charge in [0.1, 0.15) is 0 Å². The fourth-order valence-electron chi connectivity index (χ4n) is 1.72. The molecule has 0 heterocycles. The zero-order valence-electron chi connectivity index (χ0n) is 12.0. The molecule has 0 aliphatic rings. The monoisotopic (exact) mass is 399 g/mol. The van der Waals surface area contributed by atoms with Crippen LogP contribution in [0.3, 0.4) is 0 Å². The minimum Gasteiger partial charge on any atom is -0.385 e. The molecule has 120 valence electrons. The highest BCUT2D eigenvalue weighted by atomic mass is 79.9. The maximum atomic E-state index is 12.7. The van der Waals surface area contributed by atoms with Crippen LogP contribution in [0.15, 0.2) is 27.6 Å². The number of ether oxygens (including phenoxy) is 2. The van der Waals surface area contributed by atoms with Gasteiger partial charge in [0, 0.05) is 38.4 Å². The maximum Gasteiger partial charge on any atom is 0.243 e. The van der Waals surface area contributed by atoms with Gasteiger partial charge in [0.25, 0.3) is 0 Å². The standard InChI is InChI=1S/C13H19BrClNO4S/c1-19-8-3-6-16(7-9-20-2)21(17,18)11-4-5-13(15)12(14)10-11/h4-5,10H,3,6-9H2,1-2H3. The summed E-state index contributed by atoms with van der Waals surface area (Å²) in [5.41, 5.74) is 0. The summed E-state index contributed by atoms with van der Waals surface area (Å²) in [6, 6.07) is 4.56. The van der Waals surface area contributed by atoms with Gasteiger partial charge in [-0.2, -0.15) is 4.31 Å². The fraction of sp³-hybridized carbons (Fsp3) is 0.538. The van der Waals surface area contributed by atoms with E-state index >= 15 is 0 Å². The van der Waals surface area contributed by atoms with Crippen molar-refractivity contribution in [2.75, 3.05) is 40.5 Å². The Morgan fingerprint density at radius 2 is 1.86 bits per heavy atom. The topological polar surface area (TPSA) is 55.8 Å². The lowest BCUT2D eigenvalue weighted by atomic mass is 10.4. The number of methoxy groups -OCH3 is 2. The summed E-state index contributed by atoms with van der Waals surface area (Å²) in [6.45, 7) is 1.51. The predicted octanol–water partition coefficient (Wildman–Crippen LogP) is 2.78. The van der Waals surface area contributed by atoms with Gasteiger partial charge in [-0.15, -0.1) is 0 Å². The van der Waals surface area contributed by atoms with Crippen molar-refractivity contribution in [3.63, 3.8) is 0 Å². The first-order chi connectivity index (χ1) is 9.93. The van der Waals surface area contributed by atoms with E-state index in [1.54, 1.807) is 20.3 Å². The second-order valence-electron chi connectivity index (χ2n) is 4.32. The molecule has 0 fully saturated rings. The molecule has 0 N–H and O–H groups in total. The van der Waals surface area contributed by atoms with Crippen LogP contribution >= 0.6 is 27.5 Å². The van der Waals surface area contributed by atoms with Crippen molar-refractivity contribution in [1.82, 2.24) is 4.31 Å². The molecule has 8 heteroatoms. The van der Waals surface area contributed by atoms with E-state index in [1.165, 1.54) is 16.4 Å². The Bertz CT molecular complexity index is 553. The minimum atomic E-state index is -3.58. The molecule has 0 spiro atoms. The lowest BCUT2D eigenvalue weighted by Gasteiger charge is -2.22. The van der Waals surface area contributed by atoms with E-state index in [9.17, 15) is 8.42 Å². The van der Waals surface area contributed by atoms with Crippen LogP contribution in [0.1, 0.15) is 6.42 Å². The zero-order chi connectivity index (χ0) is 15.9. The molecule has 0 aliphatic heterocycles. The smallest absolute Gasteiger partial charge is 0.243 e. The van der Waals surface area contributed by atoms with Crippen molar-refractivity contribution in [2.24, 2.45) is 0 Å². The fourth-order valence-corrected chi connectivity index (χ4v) is 3.85. The van der Waals surface area contributed by atoms with E-state index < -0.39 is 10.0 Å². The van der Waals surface area contributed by atoms with Crippen molar-refractivity contribution in [3.8, 4) is 0 Å². The van der Waals surface area contributed by atoms with E-state index in [-0.39, 0.29) is 4.90 Å². The Labute approximate surface area is 139 Å². The quantitative estimate of drug-likeness (QED) is 0.598. The minimum absolute atomic E-state index is 0.201. The highest BCUT2D eigenvalue weighted by Gasteiger charge is 2.24. The van der Waals surface area contributed by atoms with Gasteiger partial charge in [0.05, 0.1) is 16.5 Å². The van der Waals surface area contributed by atoms with Gasteiger partial charge in [-0.1, -0.05) is 11.6 Å². The summed E-state index contributed by atoms with van der Waals surface area (Å²) in [5.74, 6) is 0. The largest absolute Gasteiger partial charge is 0.385 e. The molecule has 21 heavy (non-hydrogen) atoms. The second kappa shape index (κ2) is 9.07. The summed E-state index contributed by atoms with van der Waals surface area (Å²) >= 11 is 9.15. The molecule has 0 bridgehead atoms. The number of hydrogen-bond acceptors (Lipinski definition) is 4. The summed E-state index contributed by atoms with van der Waals surface area (Å²) < 4.78 is 37.2. The number of benzene rings is 1. The zero-order valence-corrected chi connectivity index (χ0v) is 15.2. The Balaban J connectivity index is 2.98. The van der Waals surface area contributed by atoms with Gasteiger partial charge < -0.3 is 9.47 Å². The number of halogens is 2. The number of sulfonamides is 1. The van der Waals surface area contributed by atoms with E-state index in [4.69, 9.17) is 21.1 Å². The molecular weight excluding hydrogens is 382 g/mol. The summed E-state index contributed by atoms with van der Waals surface area (Å²) in [7, 11) is -0.456. The van der Waals surface area contributed by atoms with Crippen LogP contribution in [0.25, 0.3) is 0 Å². The van der Waals surface area contributed by atoms with Crippen LogP contribution in [0.2, 0.25) is 5.02 Å². The van der Waals surface area contributed by atoms with E-state index in [0.717, 1.165) is 0 Å². The van der Waals surface area contributed by atoms with Gasteiger partial charge in [-0.05, 0) is 40.5 Å². The van der Waals surface area contributed by atoms with E-state index in [1.807, 2.05) is 0 Å². The maximum absolute atomic E-state index is 12.7. The first-order valence-electron chi connectivity index (χ1n) is 6.36. The molecule has 0 saturated carbocycles. The summed E-state index contributed by atoms with van der Waals surface area (Å²) in [5, 5.41) is 0.469.